The molecule has 1 saturated heterocycles. The van der Waals surface area contributed by atoms with Gasteiger partial charge in [-0.25, -0.2) is 0 Å². The molecule has 0 radical (unpaired) electrons. The monoisotopic (exact) mass is 394 g/mol. The van der Waals surface area contributed by atoms with E-state index in [1.165, 1.54) is 0 Å². The second-order valence-electron chi connectivity index (χ2n) is 9.53. The fourth-order valence-electron chi connectivity index (χ4n) is 2.81. The van der Waals surface area contributed by atoms with Gasteiger partial charge in [0.1, 0.15) is 12.2 Å². The van der Waals surface area contributed by atoms with Crippen LogP contribution < -0.4 is 0 Å². The van der Waals surface area contributed by atoms with Gasteiger partial charge in [-0.3, -0.25) is 0 Å². The minimum atomic E-state index is -1.80. The van der Waals surface area contributed by atoms with Crippen LogP contribution in [0.25, 0.3) is 0 Å². The fourth-order valence-corrected chi connectivity index (χ4v) is 6.10. The van der Waals surface area contributed by atoms with Gasteiger partial charge in [-0.2, -0.15) is 0 Å². The van der Waals surface area contributed by atoms with Crippen molar-refractivity contribution in [2.24, 2.45) is 0 Å². The first-order chi connectivity index (χ1) is 10.6. The van der Waals surface area contributed by atoms with Crippen molar-refractivity contribution in [1.29, 1.82) is 0 Å². The van der Waals surface area contributed by atoms with Crippen LogP contribution in [-0.2, 0) is 22.8 Å². The van der Waals surface area contributed by atoms with Crippen molar-refractivity contribution in [3.8, 4) is 0 Å². The molecule has 1 heterocycles. The summed E-state index contributed by atoms with van der Waals surface area (Å²) in [6.45, 7) is 21.8. The lowest BCUT2D eigenvalue weighted by atomic mass is 10.0. The first-order valence-electron chi connectivity index (χ1n) is 8.85. The minimum absolute atomic E-state index is 0.0930. The Balaban J connectivity index is 3.20. The molecule has 1 fully saturated rings. The molecule has 0 aromatic carbocycles. The Morgan fingerprint density at radius 1 is 0.625 bits per heavy atom. The maximum Gasteiger partial charge on any atom is 0.185 e. The molecule has 24 heavy (non-hydrogen) atoms. The highest BCUT2D eigenvalue weighted by Crippen LogP contribution is 2.33. The molecular weight excluding hydrogens is 356 g/mol. The minimum Gasteiger partial charge on any atom is -0.409 e. The van der Waals surface area contributed by atoms with Gasteiger partial charge in [0, 0.05) is 7.11 Å². The Morgan fingerprint density at radius 3 is 1.38 bits per heavy atom. The van der Waals surface area contributed by atoms with Crippen LogP contribution >= 0.6 is 0 Å². The predicted octanol–water partition coefficient (Wildman–Crippen LogP) is 4.04. The molecular formula is C16H38O5Si3. The maximum atomic E-state index is 6.57. The Morgan fingerprint density at radius 2 is 1.00 bits per heavy atom. The molecule has 0 spiro atoms. The molecule has 0 amide bonds. The summed E-state index contributed by atoms with van der Waals surface area (Å²) >= 11 is 0. The van der Waals surface area contributed by atoms with E-state index in [0.29, 0.717) is 0 Å². The van der Waals surface area contributed by atoms with Crippen molar-refractivity contribution >= 4 is 25.0 Å². The van der Waals surface area contributed by atoms with Crippen LogP contribution in [-0.4, -0.2) is 62.8 Å². The quantitative estimate of drug-likeness (QED) is 0.610. The van der Waals surface area contributed by atoms with E-state index < -0.39 is 31.2 Å². The van der Waals surface area contributed by atoms with E-state index in [9.17, 15) is 0 Å². The van der Waals surface area contributed by atoms with Crippen molar-refractivity contribution in [3.05, 3.63) is 0 Å². The number of hydrogen-bond acceptors (Lipinski definition) is 5. The Bertz CT molecular complexity index is 400. The topological polar surface area (TPSA) is 46.2 Å². The zero-order chi connectivity index (χ0) is 18.9. The molecule has 0 aromatic rings. The lowest BCUT2D eigenvalue weighted by Gasteiger charge is -2.49. The highest BCUT2D eigenvalue weighted by atomic mass is 28.4. The molecule has 0 aromatic heterocycles. The third-order valence-electron chi connectivity index (χ3n) is 3.43. The van der Waals surface area contributed by atoms with E-state index in [-0.39, 0.29) is 24.4 Å². The largest absolute Gasteiger partial charge is 0.409 e. The molecule has 0 unspecified atom stereocenters. The van der Waals surface area contributed by atoms with E-state index in [1.54, 1.807) is 7.11 Å². The van der Waals surface area contributed by atoms with Crippen molar-refractivity contribution in [3.63, 3.8) is 0 Å². The number of ether oxygens (including phenoxy) is 2. The highest BCUT2D eigenvalue weighted by molar-refractivity contribution is 6.70. The first kappa shape index (κ1) is 22.5. The average molecular weight is 395 g/mol. The van der Waals surface area contributed by atoms with Gasteiger partial charge in [0.15, 0.2) is 31.2 Å². The third kappa shape index (κ3) is 7.37. The molecule has 0 saturated carbocycles. The second kappa shape index (κ2) is 7.99. The molecule has 1 rings (SSSR count). The summed E-state index contributed by atoms with van der Waals surface area (Å²) in [5.41, 5.74) is 0. The Labute approximate surface area is 151 Å². The average Bonchev–Trinajstić information content (AvgIpc) is 2.32. The standard InChI is InChI=1S/C16H38O5Si3/c1-12-13(19-22(3,4)5)14(20-23(6,7)8)15(16(17-2)18-12)21-24(9,10)11/h12-16H,1-11H3/t12-,13-,14+,15+,16+/m0/s1. The number of rotatable bonds is 7. The molecule has 5 atom stereocenters. The summed E-state index contributed by atoms with van der Waals surface area (Å²) in [5.74, 6) is 0. The van der Waals surface area contributed by atoms with Crippen LogP contribution in [0.3, 0.4) is 0 Å². The van der Waals surface area contributed by atoms with Gasteiger partial charge in [0.05, 0.1) is 12.2 Å². The van der Waals surface area contributed by atoms with E-state index in [0.717, 1.165) is 0 Å². The lowest BCUT2D eigenvalue weighted by Crippen LogP contribution is -2.64. The van der Waals surface area contributed by atoms with Gasteiger partial charge in [-0.05, 0) is 65.8 Å². The van der Waals surface area contributed by atoms with Crippen molar-refractivity contribution in [2.75, 3.05) is 7.11 Å². The molecule has 0 bridgehead atoms. The van der Waals surface area contributed by atoms with Gasteiger partial charge in [-0.1, -0.05) is 0 Å². The third-order valence-corrected chi connectivity index (χ3v) is 6.37. The number of methoxy groups -OCH3 is 1. The van der Waals surface area contributed by atoms with Crippen molar-refractivity contribution in [2.45, 2.75) is 96.6 Å². The zero-order valence-electron chi connectivity index (χ0n) is 17.4. The fraction of sp³-hybridized carbons (Fsp3) is 1.00. The van der Waals surface area contributed by atoms with E-state index in [4.69, 9.17) is 22.8 Å². The van der Waals surface area contributed by atoms with Crippen molar-refractivity contribution in [1.82, 2.24) is 0 Å². The van der Waals surface area contributed by atoms with Crippen LogP contribution in [0.5, 0.6) is 0 Å². The SMILES string of the molecule is CO[C@@H]1O[C@@H](C)[C@H](O[Si](C)(C)C)[C@@H](O[Si](C)(C)C)[C@H]1O[Si](C)(C)C. The predicted molar refractivity (Wildman–Crippen MR) is 106 cm³/mol. The second-order valence-corrected chi connectivity index (χ2v) is 22.9. The van der Waals surface area contributed by atoms with Crippen LogP contribution in [0.15, 0.2) is 0 Å². The van der Waals surface area contributed by atoms with Gasteiger partial charge < -0.3 is 22.8 Å². The van der Waals surface area contributed by atoms with Crippen LogP contribution in [0.4, 0.5) is 0 Å². The van der Waals surface area contributed by atoms with Crippen LogP contribution in [0.2, 0.25) is 58.9 Å². The Hall–Kier alpha value is 0.451. The summed E-state index contributed by atoms with van der Waals surface area (Å²) in [7, 11) is -3.67. The molecule has 8 heteroatoms. The van der Waals surface area contributed by atoms with Gasteiger partial charge in [0.2, 0.25) is 0 Å². The van der Waals surface area contributed by atoms with E-state index >= 15 is 0 Å². The summed E-state index contributed by atoms with van der Waals surface area (Å²) in [6.07, 6.45) is -1.06. The summed E-state index contributed by atoms with van der Waals surface area (Å²) in [6, 6.07) is 0. The molecule has 0 N–H and O–H groups in total. The highest BCUT2D eigenvalue weighted by Gasteiger charge is 2.50. The smallest absolute Gasteiger partial charge is 0.185 e. The van der Waals surface area contributed by atoms with Crippen molar-refractivity contribution < 1.29 is 22.8 Å². The summed E-state index contributed by atoms with van der Waals surface area (Å²) in [4.78, 5) is 0. The van der Waals surface area contributed by atoms with Crippen LogP contribution in [0, 0.1) is 0 Å². The first-order valence-corrected chi connectivity index (χ1v) is 19.1. The normalized spacial score (nSPS) is 32.9. The summed E-state index contributed by atoms with van der Waals surface area (Å²) < 4.78 is 31.2. The van der Waals surface area contributed by atoms with Gasteiger partial charge >= 0.3 is 0 Å². The van der Waals surface area contributed by atoms with Gasteiger partial charge in [-0.15, -0.1) is 0 Å². The zero-order valence-corrected chi connectivity index (χ0v) is 20.4. The Kier molecular flexibility index (Phi) is 7.49. The summed E-state index contributed by atoms with van der Waals surface area (Å²) in [5, 5.41) is 0. The van der Waals surface area contributed by atoms with E-state index in [2.05, 4.69) is 58.9 Å². The maximum absolute atomic E-state index is 6.57. The molecule has 0 aliphatic carbocycles. The molecule has 144 valence electrons. The van der Waals surface area contributed by atoms with Crippen LogP contribution in [0.1, 0.15) is 6.92 Å². The van der Waals surface area contributed by atoms with E-state index in [1.807, 2.05) is 6.92 Å². The lowest BCUT2D eigenvalue weighted by molar-refractivity contribution is -0.275. The molecule has 1 aliphatic heterocycles. The number of hydrogen-bond donors (Lipinski definition) is 0. The molecule has 5 nitrogen and oxygen atoms in total. The van der Waals surface area contributed by atoms with Gasteiger partial charge in [0.25, 0.3) is 0 Å². The molecule has 1 aliphatic rings.